The van der Waals surface area contributed by atoms with E-state index in [0.717, 1.165) is 32.2 Å². The molecule has 1 fully saturated rings. The number of amides is 1. The highest BCUT2D eigenvalue weighted by Crippen LogP contribution is 2.30. The molecule has 1 atom stereocenters. The van der Waals surface area contributed by atoms with E-state index in [1.807, 2.05) is 62.1 Å². The van der Waals surface area contributed by atoms with Crippen molar-refractivity contribution in [2.24, 2.45) is 5.92 Å². The Bertz CT molecular complexity index is 818. The molecular formula is C28H37NO3. The number of ether oxygens (including phenoxy) is 1. The number of likely N-dealkylation sites (tertiary alicyclic amines) is 1. The molecule has 4 nitrogen and oxygen atoms in total. The SMILES string of the molecule is CC(C)(C)OC(=O)N1CCCC(CCC(=O)CC(c2ccccc2)c2ccccc2)CC1. The first-order chi connectivity index (χ1) is 15.3. The van der Waals surface area contributed by atoms with Gasteiger partial charge in [-0.15, -0.1) is 0 Å². The van der Waals surface area contributed by atoms with Crippen LogP contribution in [-0.2, 0) is 9.53 Å². The molecule has 0 N–H and O–H groups in total. The van der Waals surface area contributed by atoms with Gasteiger partial charge in [-0.25, -0.2) is 4.79 Å². The second-order valence-electron chi connectivity index (χ2n) is 9.92. The highest BCUT2D eigenvalue weighted by atomic mass is 16.6. The molecule has 0 aliphatic carbocycles. The van der Waals surface area contributed by atoms with E-state index < -0.39 is 5.60 Å². The molecule has 1 amide bonds. The predicted molar refractivity (Wildman–Crippen MR) is 129 cm³/mol. The van der Waals surface area contributed by atoms with Crippen LogP contribution in [-0.4, -0.2) is 35.5 Å². The molecule has 3 rings (SSSR count). The van der Waals surface area contributed by atoms with Crippen molar-refractivity contribution >= 4 is 11.9 Å². The molecule has 1 unspecified atom stereocenters. The van der Waals surface area contributed by atoms with Gasteiger partial charge in [0.1, 0.15) is 11.4 Å². The van der Waals surface area contributed by atoms with E-state index in [4.69, 9.17) is 4.74 Å². The zero-order valence-corrected chi connectivity index (χ0v) is 19.8. The van der Waals surface area contributed by atoms with Crippen LogP contribution < -0.4 is 0 Å². The number of benzene rings is 2. The Labute approximate surface area is 193 Å². The number of carbonyl (C=O) groups excluding carboxylic acids is 2. The molecule has 1 heterocycles. The van der Waals surface area contributed by atoms with E-state index in [0.29, 0.717) is 31.1 Å². The van der Waals surface area contributed by atoms with Gasteiger partial charge in [-0.2, -0.15) is 0 Å². The van der Waals surface area contributed by atoms with E-state index >= 15 is 0 Å². The van der Waals surface area contributed by atoms with E-state index in [1.54, 1.807) is 0 Å². The predicted octanol–water partition coefficient (Wildman–Crippen LogP) is 6.60. The fraction of sp³-hybridized carbons (Fsp3) is 0.500. The van der Waals surface area contributed by atoms with Gasteiger partial charge in [0.2, 0.25) is 0 Å². The summed E-state index contributed by atoms with van der Waals surface area (Å²) in [6.45, 7) is 7.15. The Kier molecular flexibility index (Phi) is 8.49. The van der Waals surface area contributed by atoms with Crippen molar-refractivity contribution in [3.05, 3.63) is 71.8 Å². The second kappa shape index (κ2) is 11.3. The summed E-state index contributed by atoms with van der Waals surface area (Å²) in [5.74, 6) is 0.899. The van der Waals surface area contributed by atoms with Crippen molar-refractivity contribution in [1.82, 2.24) is 4.90 Å². The van der Waals surface area contributed by atoms with E-state index in [2.05, 4.69) is 24.3 Å². The highest BCUT2D eigenvalue weighted by molar-refractivity contribution is 5.80. The Morgan fingerprint density at radius 1 is 0.938 bits per heavy atom. The normalized spacial score (nSPS) is 17.1. The van der Waals surface area contributed by atoms with Gasteiger partial charge in [-0.1, -0.05) is 60.7 Å². The van der Waals surface area contributed by atoms with Crippen LogP contribution in [0, 0.1) is 5.92 Å². The largest absolute Gasteiger partial charge is 0.444 e. The molecular weight excluding hydrogens is 398 g/mol. The lowest BCUT2D eigenvalue weighted by Crippen LogP contribution is -2.37. The van der Waals surface area contributed by atoms with Crippen LogP contribution in [0.25, 0.3) is 0 Å². The third-order valence-corrected chi connectivity index (χ3v) is 6.17. The van der Waals surface area contributed by atoms with Crippen molar-refractivity contribution in [1.29, 1.82) is 0 Å². The molecule has 172 valence electrons. The molecule has 0 saturated carbocycles. The first-order valence-corrected chi connectivity index (χ1v) is 11.9. The smallest absolute Gasteiger partial charge is 0.410 e. The minimum Gasteiger partial charge on any atom is -0.444 e. The summed E-state index contributed by atoms with van der Waals surface area (Å²) < 4.78 is 5.53. The first-order valence-electron chi connectivity index (χ1n) is 11.9. The molecule has 1 aliphatic rings. The fourth-order valence-corrected chi connectivity index (χ4v) is 4.46. The molecule has 1 aliphatic heterocycles. The molecule has 32 heavy (non-hydrogen) atoms. The lowest BCUT2D eigenvalue weighted by molar-refractivity contribution is -0.119. The molecule has 0 radical (unpaired) electrons. The zero-order chi connectivity index (χ0) is 23.0. The van der Waals surface area contributed by atoms with Crippen LogP contribution in [0.5, 0.6) is 0 Å². The number of Topliss-reactive ketones (excluding diaryl/α,β-unsaturated/α-hetero) is 1. The average molecular weight is 436 g/mol. The summed E-state index contributed by atoms with van der Waals surface area (Å²) in [6.07, 6.45) is 4.79. The van der Waals surface area contributed by atoms with Crippen LogP contribution in [0.3, 0.4) is 0 Å². The Morgan fingerprint density at radius 3 is 2.09 bits per heavy atom. The highest BCUT2D eigenvalue weighted by Gasteiger charge is 2.26. The number of hydrogen-bond acceptors (Lipinski definition) is 3. The van der Waals surface area contributed by atoms with Gasteiger partial charge in [-0.05, 0) is 63.5 Å². The summed E-state index contributed by atoms with van der Waals surface area (Å²) >= 11 is 0. The topological polar surface area (TPSA) is 46.6 Å². The molecule has 0 bridgehead atoms. The maximum absolute atomic E-state index is 13.0. The maximum atomic E-state index is 13.0. The Balaban J connectivity index is 1.53. The molecule has 4 heteroatoms. The van der Waals surface area contributed by atoms with E-state index in [9.17, 15) is 9.59 Å². The summed E-state index contributed by atoms with van der Waals surface area (Å²) in [7, 11) is 0. The summed E-state index contributed by atoms with van der Waals surface area (Å²) in [5.41, 5.74) is 1.91. The first kappa shape index (κ1) is 24.0. The standard InChI is InChI=1S/C28H37NO3/c1-28(2,3)32-27(31)29-19-10-11-22(18-20-29)16-17-25(30)21-26(23-12-6-4-7-13-23)24-14-8-5-9-15-24/h4-9,12-15,22,26H,10-11,16-21H2,1-3H3. The van der Waals surface area contributed by atoms with Gasteiger partial charge in [0, 0.05) is 31.8 Å². The van der Waals surface area contributed by atoms with Crippen molar-refractivity contribution in [3.8, 4) is 0 Å². The van der Waals surface area contributed by atoms with Gasteiger partial charge in [0.05, 0.1) is 0 Å². The van der Waals surface area contributed by atoms with E-state index in [-0.39, 0.29) is 12.0 Å². The second-order valence-corrected chi connectivity index (χ2v) is 9.92. The van der Waals surface area contributed by atoms with Gasteiger partial charge in [0.15, 0.2) is 0 Å². The minimum atomic E-state index is -0.469. The number of nitrogens with zero attached hydrogens (tertiary/aromatic N) is 1. The molecule has 0 spiro atoms. The third kappa shape index (κ3) is 7.51. The van der Waals surface area contributed by atoms with Crippen molar-refractivity contribution in [2.75, 3.05) is 13.1 Å². The van der Waals surface area contributed by atoms with Gasteiger partial charge in [-0.3, -0.25) is 4.79 Å². The van der Waals surface area contributed by atoms with Gasteiger partial charge >= 0.3 is 6.09 Å². The Morgan fingerprint density at radius 2 is 1.53 bits per heavy atom. The van der Waals surface area contributed by atoms with Crippen LogP contribution in [0.15, 0.2) is 60.7 Å². The molecule has 2 aromatic carbocycles. The number of rotatable bonds is 7. The van der Waals surface area contributed by atoms with Gasteiger partial charge in [0.25, 0.3) is 0 Å². The van der Waals surface area contributed by atoms with Crippen molar-refractivity contribution in [2.45, 2.75) is 70.8 Å². The van der Waals surface area contributed by atoms with Crippen LogP contribution in [0.1, 0.15) is 76.3 Å². The minimum absolute atomic E-state index is 0.0988. The monoisotopic (exact) mass is 435 g/mol. The molecule has 2 aromatic rings. The zero-order valence-electron chi connectivity index (χ0n) is 19.8. The quantitative estimate of drug-likeness (QED) is 0.492. The van der Waals surface area contributed by atoms with Crippen LogP contribution >= 0.6 is 0 Å². The average Bonchev–Trinajstić information content (AvgIpc) is 3.02. The van der Waals surface area contributed by atoms with Crippen molar-refractivity contribution in [3.63, 3.8) is 0 Å². The lowest BCUT2D eigenvalue weighted by atomic mass is 9.85. The number of carbonyl (C=O) groups is 2. The van der Waals surface area contributed by atoms with Crippen LogP contribution in [0.4, 0.5) is 4.79 Å². The van der Waals surface area contributed by atoms with Crippen molar-refractivity contribution < 1.29 is 14.3 Å². The van der Waals surface area contributed by atoms with E-state index in [1.165, 1.54) is 11.1 Å². The lowest BCUT2D eigenvalue weighted by Gasteiger charge is -2.26. The maximum Gasteiger partial charge on any atom is 0.410 e. The third-order valence-electron chi connectivity index (χ3n) is 6.17. The number of ketones is 1. The summed E-state index contributed by atoms with van der Waals surface area (Å²) in [4.78, 5) is 27.2. The van der Waals surface area contributed by atoms with Gasteiger partial charge < -0.3 is 9.64 Å². The molecule has 0 aromatic heterocycles. The molecule has 1 saturated heterocycles. The Hall–Kier alpha value is -2.62. The summed E-state index contributed by atoms with van der Waals surface area (Å²) in [5, 5.41) is 0. The van der Waals surface area contributed by atoms with Crippen LogP contribution in [0.2, 0.25) is 0 Å². The fourth-order valence-electron chi connectivity index (χ4n) is 4.46. The number of hydrogen-bond donors (Lipinski definition) is 0. The summed E-state index contributed by atoms with van der Waals surface area (Å²) in [6, 6.07) is 20.6.